The molecule has 0 saturated heterocycles. The molecule has 24 heavy (non-hydrogen) atoms. The van der Waals surface area contributed by atoms with Gasteiger partial charge in [-0.2, -0.15) is 5.10 Å². The Morgan fingerprint density at radius 3 is 2.79 bits per heavy atom. The zero-order chi connectivity index (χ0) is 16.9. The van der Waals surface area contributed by atoms with E-state index >= 15 is 0 Å². The number of aryl methyl sites for hydroxylation is 1. The Kier molecular flexibility index (Phi) is 5.83. The molecule has 1 heterocycles. The molecule has 0 radical (unpaired) electrons. The van der Waals surface area contributed by atoms with Gasteiger partial charge in [0.25, 0.3) is 0 Å². The molecule has 0 amide bonds. The molecule has 1 aromatic carbocycles. The van der Waals surface area contributed by atoms with Crippen molar-refractivity contribution in [2.24, 2.45) is 5.92 Å². The van der Waals surface area contributed by atoms with Crippen LogP contribution in [0.15, 0.2) is 30.3 Å². The Labute approximate surface area is 150 Å². The molecular formula is C20H27ClN2O. The molecular weight excluding hydrogens is 320 g/mol. The number of rotatable bonds is 7. The summed E-state index contributed by atoms with van der Waals surface area (Å²) in [7, 11) is 0. The summed E-state index contributed by atoms with van der Waals surface area (Å²) < 4.78 is 8.24. The number of halogens is 1. The quantitative estimate of drug-likeness (QED) is 0.631. The van der Waals surface area contributed by atoms with E-state index < -0.39 is 0 Å². The summed E-state index contributed by atoms with van der Waals surface area (Å²) in [6.45, 7) is 4.99. The molecule has 1 saturated carbocycles. The van der Waals surface area contributed by atoms with E-state index in [0.29, 0.717) is 18.6 Å². The Balaban J connectivity index is 1.77. The van der Waals surface area contributed by atoms with Crippen molar-refractivity contribution >= 4 is 11.6 Å². The number of hydrogen-bond acceptors (Lipinski definition) is 2. The van der Waals surface area contributed by atoms with E-state index in [2.05, 4.69) is 24.6 Å². The lowest BCUT2D eigenvalue weighted by molar-refractivity contribution is 0.238. The van der Waals surface area contributed by atoms with Crippen molar-refractivity contribution in [1.29, 1.82) is 0 Å². The summed E-state index contributed by atoms with van der Waals surface area (Å²) in [5, 5.41) is 5.59. The molecule has 1 aliphatic carbocycles. The molecule has 4 heteroatoms. The van der Waals surface area contributed by atoms with Gasteiger partial charge in [-0.15, -0.1) is 0 Å². The lowest BCUT2D eigenvalue weighted by Gasteiger charge is -2.21. The maximum absolute atomic E-state index is 6.13. The van der Waals surface area contributed by atoms with Crippen molar-refractivity contribution in [2.45, 2.75) is 65.0 Å². The van der Waals surface area contributed by atoms with Gasteiger partial charge in [-0.25, -0.2) is 4.68 Å². The first-order valence-electron chi connectivity index (χ1n) is 9.13. The molecule has 0 aliphatic heterocycles. The third-order valence-electron chi connectivity index (χ3n) is 5.00. The molecule has 0 N–H and O–H groups in total. The minimum atomic E-state index is 0.396. The maximum atomic E-state index is 6.13. The van der Waals surface area contributed by atoms with Crippen LogP contribution >= 0.6 is 11.6 Å². The first kappa shape index (κ1) is 17.3. The Hall–Kier alpha value is -1.48. The molecule has 3 nitrogen and oxygen atoms in total. The fraction of sp³-hybridized carbons (Fsp3) is 0.550. The first-order chi connectivity index (χ1) is 11.7. The summed E-state index contributed by atoms with van der Waals surface area (Å²) in [4.78, 5) is 0. The monoisotopic (exact) mass is 346 g/mol. The third kappa shape index (κ3) is 4.13. The van der Waals surface area contributed by atoms with Crippen molar-refractivity contribution in [3.05, 3.63) is 46.6 Å². The van der Waals surface area contributed by atoms with Gasteiger partial charge in [0.2, 0.25) is 5.88 Å². The summed E-state index contributed by atoms with van der Waals surface area (Å²) in [6, 6.07) is 10.3. The molecule has 0 bridgehead atoms. The van der Waals surface area contributed by atoms with Gasteiger partial charge in [0.05, 0.1) is 11.7 Å². The van der Waals surface area contributed by atoms with E-state index in [1.807, 2.05) is 24.3 Å². The highest BCUT2D eigenvalue weighted by Crippen LogP contribution is 2.36. The predicted octanol–water partition coefficient (Wildman–Crippen LogP) is 5.82. The van der Waals surface area contributed by atoms with Gasteiger partial charge in [-0.3, -0.25) is 0 Å². The molecule has 0 spiro atoms. The average molecular weight is 347 g/mol. The van der Waals surface area contributed by atoms with Crippen LogP contribution in [0.4, 0.5) is 0 Å². The van der Waals surface area contributed by atoms with Gasteiger partial charge in [-0.05, 0) is 49.8 Å². The highest BCUT2D eigenvalue weighted by molar-refractivity contribution is 6.30. The zero-order valence-corrected chi connectivity index (χ0v) is 15.4. The number of ether oxygens (including phenoxy) is 1. The number of benzene rings is 1. The third-order valence-corrected chi connectivity index (χ3v) is 5.24. The van der Waals surface area contributed by atoms with Gasteiger partial charge in [0, 0.05) is 11.1 Å². The van der Waals surface area contributed by atoms with Crippen molar-refractivity contribution in [3.8, 4) is 5.88 Å². The smallest absolute Gasteiger partial charge is 0.212 e. The van der Waals surface area contributed by atoms with Gasteiger partial charge < -0.3 is 4.74 Å². The Morgan fingerprint density at radius 2 is 2.08 bits per heavy atom. The van der Waals surface area contributed by atoms with E-state index in [0.717, 1.165) is 35.0 Å². The van der Waals surface area contributed by atoms with E-state index in [1.165, 1.54) is 25.7 Å². The van der Waals surface area contributed by atoms with Crippen LogP contribution in [-0.4, -0.2) is 9.78 Å². The number of hydrogen-bond donors (Lipinski definition) is 0. The Bertz CT molecular complexity index is 661. The van der Waals surface area contributed by atoms with Gasteiger partial charge in [0.15, 0.2) is 0 Å². The van der Waals surface area contributed by atoms with Crippen molar-refractivity contribution in [1.82, 2.24) is 9.78 Å². The van der Waals surface area contributed by atoms with Crippen LogP contribution in [0.2, 0.25) is 5.02 Å². The number of nitrogens with zero attached hydrogens (tertiary/aromatic N) is 2. The minimum absolute atomic E-state index is 0.396. The van der Waals surface area contributed by atoms with Crippen LogP contribution < -0.4 is 4.74 Å². The summed E-state index contributed by atoms with van der Waals surface area (Å²) in [5.74, 6) is 1.60. The molecule has 1 aromatic heterocycles. The highest BCUT2D eigenvalue weighted by Gasteiger charge is 2.26. The van der Waals surface area contributed by atoms with E-state index in [-0.39, 0.29) is 0 Å². The Morgan fingerprint density at radius 1 is 1.29 bits per heavy atom. The van der Waals surface area contributed by atoms with Crippen LogP contribution in [0.25, 0.3) is 0 Å². The van der Waals surface area contributed by atoms with Crippen LogP contribution in [0.5, 0.6) is 5.88 Å². The molecule has 1 atom stereocenters. The summed E-state index contributed by atoms with van der Waals surface area (Å²) in [5.41, 5.74) is 2.21. The maximum Gasteiger partial charge on any atom is 0.212 e. The van der Waals surface area contributed by atoms with Crippen molar-refractivity contribution in [2.75, 3.05) is 0 Å². The molecule has 1 aliphatic rings. The second-order valence-electron chi connectivity index (χ2n) is 6.87. The van der Waals surface area contributed by atoms with Crippen molar-refractivity contribution < 1.29 is 4.74 Å². The van der Waals surface area contributed by atoms with E-state index in [9.17, 15) is 0 Å². The fourth-order valence-electron chi connectivity index (χ4n) is 3.63. The molecule has 1 fully saturated rings. The standard InChI is InChI=1S/C20H27ClN2O/c1-3-7-19-13-20(24-14-16-8-6-11-18(21)12-16)23(22-19)15(2)17-9-4-5-10-17/h6,8,11-13,15,17H,3-5,7,9-10,14H2,1-2H3. The second kappa shape index (κ2) is 8.06. The van der Waals surface area contributed by atoms with Crippen LogP contribution in [0.1, 0.15) is 63.3 Å². The minimum Gasteiger partial charge on any atom is -0.473 e. The van der Waals surface area contributed by atoms with Crippen molar-refractivity contribution in [3.63, 3.8) is 0 Å². The summed E-state index contributed by atoms with van der Waals surface area (Å²) >= 11 is 6.07. The van der Waals surface area contributed by atoms with Gasteiger partial charge in [0.1, 0.15) is 6.61 Å². The molecule has 130 valence electrons. The molecule has 1 unspecified atom stereocenters. The van der Waals surface area contributed by atoms with Gasteiger partial charge in [-0.1, -0.05) is 49.9 Å². The normalized spacial score (nSPS) is 16.5. The van der Waals surface area contributed by atoms with Gasteiger partial charge >= 0.3 is 0 Å². The SMILES string of the molecule is CCCc1cc(OCc2cccc(Cl)c2)n(C(C)C2CCCC2)n1. The second-order valence-corrected chi connectivity index (χ2v) is 7.31. The topological polar surface area (TPSA) is 27.1 Å². The summed E-state index contributed by atoms with van der Waals surface area (Å²) in [6.07, 6.45) is 7.39. The fourth-order valence-corrected chi connectivity index (χ4v) is 3.84. The van der Waals surface area contributed by atoms with Crippen LogP contribution in [-0.2, 0) is 13.0 Å². The van der Waals surface area contributed by atoms with Crippen LogP contribution in [0.3, 0.4) is 0 Å². The highest BCUT2D eigenvalue weighted by atomic mass is 35.5. The average Bonchev–Trinajstić information content (AvgIpc) is 3.23. The van der Waals surface area contributed by atoms with E-state index in [4.69, 9.17) is 21.4 Å². The van der Waals surface area contributed by atoms with E-state index in [1.54, 1.807) is 0 Å². The zero-order valence-electron chi connectivity index (χ0n) is 14.7. The molecule has 2 aromatic rings. The lowest BCUT2D eigenvalue weighted by atomic mass is 10.0. The first-order valence-corrected chi connectivity index (χ1v) is 9.51. The lowest BCUT2D eigenvalue weighted by Crippen LogP contribution is -2.17. The number of aromatic nitrogens is 2. The molecule has 3 rings (SSSR count). The van der Waals surface area contributed by atoms with Crippen LogP contribution in [0, 0.1) is 5.92 Å². The largest absolute Gasteiger partial charge is 0.473 e. The predicted molar refractivity (Wildman–Crippen MR) is 98.7 cm³/mol.